The number of aromatic nitrogens is 2. The first-order chi connectivity index (χ1) is 19.0. The van der Waals surface area contributed by atoms with Crippen LogP contribution in [0.2, 0.25) is 0 Å². The van der Waals surface area contributed by atoms with E-state index in [0.717, 1.165) is 16.8 Å². The number of rotatable bonds is 11. The van der Waals surface area contributed by atoms with E-state index in [4.69, 9.17) is 30.9 Å². The number of halogens is 1. The molecule has 7 unspecified atom stereocenters. The highest BCUT2D eigenvalue weighted by Gasteiger charge is 2.63. The standard InChI is InChI=1S/C19H29FN2O16P2S/c20-8(5-23)14-12(26)11(25)13(27)16(36-14)37-39(31,32)38-40(33,41)34-6-9-15(28)19(30,7-1-2-7)17(35-9)22-4-3-10(24)21-18(22)29/h3-4,7-9,11-17,23,25-28,30H,1-2,5-6H2,(H,31,32)(H,33,41)(H,21,24,29)/t8-,9+,11?,12?,13?,14?,15+,16?,17+,19+,40?/m0/s1. The van der Waals surface area contributed by atoms with Gasteiger partial charge in [-0.15, -0.1) is 0 Å². The SMILES string of the molecule is O=c1ccn([C@@H]2O[C@H](COP(O)(=S)OP(=O)(O)OC3OC([C@@H](F)CO)C(O)C(O)C3O)[C@@H](O)[C@]2(O)C2CC2)c(=O)[nH]1. The van der Waals surface area contributed by atoms with E-state index in [1.54, 1.807) is 0 Å². The number of nitrogens with zero attached hydrogens (tertiary/aromatic N) is 1. The van der Waals surface area contributed by atoms with Crippen molar-refractivity contribution >= 4 is 26.3 Å². The lowest BCUT2D eigenvalue weighted by Crippen LogP contribution is -2.60. The predicted octanol–water partition coefficient (Wildman–Crippen LogP) is -3.56. The normalized spacial score (nSPS) is 39.6. The smallest absolute Gasteiger partial charge is 0.393 e. The molecule has 2 aliphatic heterocycles. The first-order valence-corrected chi connectivity index (χ1v) is 16.1. The Labute approximate surface area is 234 Å². The van der Waals surface area contributed by atoms with Crippen LogP contribution in [0.3, 0.4) is 0 Å². The molecule has 0 aromatic carbocycles. The molecule has 1 saturated carbocycles. The van der Waals surface area contributed by atoms with Gasteiger partial charge in [-0.3, -0.25) is 18.9 Å². The Bertz CT molecular complexity index is 1310. The van der Waals surface area contributed by atoms with Gasteiger partial charge >= 0.3 is 20.2 Å². The lowest BCUT2D eigenvalue weighted by Gasteiger charge is -2.41. The van der Waals surface area contributed by atoms with E-state index >= 15 is 0 Å². The van der Waals surface area contributed by atoms with Crippen molar-refractivity contribution in [2.75, 3.05) is 13.2 Å². The van der Waals surface area contributed by atoms with Crippen molar-refractivity contribution in [3.8, 4) is 0 Å². The summed E-state index contributed by atoms with van der Waals surface area (Å²) in [5.41, 5.74) is -3.71. The van der Waals surface area contributed by atoms with Crippen molar-refractivity contribution < 1.29 is 72.2 Å². The molecule has 41 heavy (non-hydrogen) atoms. The van der Waals surface area contributed by atoms with Crippen molar-refractivity contribution in [3.05, 3.63) is 33.1 Å². The van der Waals surface area contributed by atoms with E-state index in [-0.39, 0.29) is 0 Å². The number of nitrogens with one attached hydrogen (secondary N) is 1. The van der Waals surface area contributed by atoms with E-state index < -0.39 is 106 Å². The molecule has 1 aliphatic carbocycles. The number of aliphatic hydroxyl groups excluding tert-OH is 5. The van der Waals surface area contributed by atoms with Gasteiger partial charge in [-0.2, -0.15) is 0 Å². The van der Waals surface area contributed by atoms with Crippen molar-refractivity contribution in [1.29, 1.82) is 0 Å². The summed E-state index contributed by atoms with van der Waals surface area (Å²) < 4.78 is 51.8. The van der Waals surface area contributed by atoms with Crippen LogP contribution in [0.15, 0.2) is 21.9 Å². The first kappa shape index (κ1) is 32.9. The fourth-order valence-corrected chi connectivity index (χ4v) is 7.75. The second-order valence-corrected chi connectivity index (χ2v) is 14.1. The first-order valence-electron chi connectivity index (χ1n) is 12.0. The molecule has 12 atom stereocenters. The molecule has 22 heteroatoms. The molecule has 3 heterocycles. The molecule has 0 radical (unpaired) electrons. The molecule has 3 aliphatic rings. The zero-order chi connectivity index (χ0) is 30.5. The third kappa shape index (κ3) is 6.88. The summed E-state index contributed by atoms with van der Waals surface area (Å²) in [5.74, 6) is -0.514. The van der Waals surface area contributed by atoms with Gasteiger partial charge in [0.25, 0.3) is 5.56 Å². The van der Waals surface area contributed by atoms with Crippen LogP contribution in [0.25, 0.3) is 0 Å². The number of hydrogen-bond acceptors (Lipinski definition) is 15. The summed E-state index contributed by atoms with van der Waals surface area (Å²) >= 11 is 4.70. The highest BCUT2D eigenvalue weighted by atomic mass is 32.5. The maximum atomic E-state index is 13.9. The van der Waals surface area contributed by atoms with Gasteiger partial charge in [0, 0.05) is 12.3 Å². The third-order valence-corrected chi connectivity index (χ3v) is 10.4. The van der Waals surface area contributed by atoms with Crippen LogP contribution in [-0.2, 0) is 39.2 Å². The predicted molar refractivity (Wildman–Crippen MR) is 132 cm³/mol. The Hall–Kier alpha value is -1.03. The molecule has 18 nitrogen and oxygen atoms in total. The number of phosphoric ester groups is 1. The average molecular weight is 654 g/mol. The van der Waals surface area contributed by atoms with Gasteiger partial charge in [0.1, 0.15) is 42.2 Å². The van der Waals surface area contributed by atoms with Crippen molar-refractivity contribution in [3.63, 3.8) is 0 Å². The molecule has 4 rings (SSSR count). The third-order valence-electron chi connectivity index (χ3n) is 6.84. The number of H-pyrrole nitrogens is 1. The number of aliphatic hydroxyl groups is 6. The Kier molecular flexibility index (Phi) is 9.75. The van der Waals surface area contributed by atoms with Crippen LogP contribution in [0, 0.1) is 5.92 Å². The Morgan fingerprint density at radius 2 is 1.83 bits per heavy atom. The van der Waals surface area contributed by atoms with Gasteiger partial charge in [-0.25, -0.2) is 18.1 Å². The van der Waals surface area contributed by atoms with Gasteiger partial charge in [0.05, 0.1) is 13.2 Å². The monoisotopic (exact) mass is 654 g/mol. The summed E-state index contributed by atoms with van der Waals surface area (Å²) in [5, 5.41) is 60.9. The van der Waals surface area contributed by atoms with Crippen LogP contribution >= 0.6 is 14.5 Å². The highest BCUT2D eigenvalue weighted by molar-refractivity contribution is 8.08. The Balaban J connectivity index is 1.43. The molecular weight excluding hydrogens is 625 g/mol. The Morgan fingerprint density at radius 1 is 1.17 bits per heavy atom. The molecule has 0 amide bonds. The number of ether oxygens (including phenoxy) is 2. The van der Waals surface area contributed by atoms with Gasteiger partial charge in [0.2, 0.25) is 0 Å². The van der Waals surface area contributed by atoms with Gasteiger partial charge < -0.3 is 54.4 Å². The summed E-state index contributed by atoms with van der Waals surface area (Å²) in [6, 6.07) is 0.987. The number of phosphoric acid groups is 1. The Morgan fingerprint density at radius 3 is 2.41 bits per heavy atom. The van der Waals surface area contributed by atoms with Gasteiger partial charge in [-0.05, 0) is 30.6 Å². The quantitative estimate of drug-likeness (QED) is 0.104. The maximum Gasteiger partial charge on any atom is 0.481 e. The molecule has 0 spiro atoms. The largest absolute Gasteiger partial charge is 0.481 e. The summed E-state index contributed by atoms with van der Waals surface area (Å²) in [6.45, 7) is -6.80. The molecule has 1 aromatic heterocycles. The molecule has 9 N–H and O–H groups in total. The summed E-state index contributed by atoms with van der Waals surface area (Å²) in [7, 11) is -5.53. The summed E-state index contributed by atoms with van der Waals surface area (Å²) in [6.07, 6.45) is -15.8. The highest BCUT2D eigenvalue weighted by Crippen LogP contribution is 2.62. The van der Waals surface area contributed by atoms with Crippen molar-refractivity contribution in [1.82, 2.24) is 9.55 Å². The average Bonchev–Trinajstić information content (AvgIpc) is 3.70. The lowest BCUT2D eigenvalue weighted by atomic mass is 9.89. The fraction of sp³-hybridized carbons (Fsp3) is 0.789. The van der Waals surface area contributed by atoms with E-state index in [2.05, 4.69) is 8.83 Å². The lowest BCUT2D eigenvalue weighted by molar-refractivity contribution is -0.287. The molecule has 0 bridgehead atoms. The van der Waals surface area contributed by atoms with Gasteiger partial charge in [0.15, 0.2) is 18.7 Å². The van der Waals surface area contributed by atoms with E-state index in [1.807, 2.05) is 4.98 Å². The van der Waals surface area contributed by atoms with Crippen LogP contribution < -0.4 is 11.2 Å². The maximum absolute atomic E-state index is 13.9. The van der Waals surface area contributed by atoms with E-state index in [9.17, 15) is 53.9 Å². The summed E-state index contributed by atoms with van der Waals surface area (Å²) in [4.78, 5) is 46.2. The zero-order valence-electron chi connectivity index (χ0n) is 20.7. The second kappa shape index (κ2) is 12.2. The van der Waals surface area contributed by atoms with Crippen LogP contribution in [0.4, 0.5) is 4.39 Å². The second-order valence-electron chi connectivity index (χ2n) is 9.71. The van der Waals surface area contributed by atoms with Crippen LogP contribution in [-0.4, -0.2) is 118 Å². The fourth-order valence-electron chi connectivity index (χ4n) is 4.65. The number of hydrogen-bond donors (Lipinski definition) is 9. The number of alkyl halides is 1. The topological polar surface area (TPSA) is 280 Å². The van der Waals surface area contributed by atoms with Crippen LogP contribution in [0.1, 0.15) is 19.1 Å². The van der Waals surface area contributed by atoms with Gasteiger partial charge in [-0.1, -0.05) is 0 Å². The molecule has 2 saturated heterocycles. The van der Waals surface area contributed by atoms with Crippen molar-refractivity contribution in [2.45, 2.75) is 73.8 Å². The molecule has 3 fully saturated rings. The van der Waals surface area contributed by atoms with E-state index in [0.29, 0.717) is 12.8 Å². The molecule has 1 aromatic rings. The molecular formula is C19H29FN2O16P2S. The molecule has 234 valence electrons. The minimum absolute atomic E-state index is 0.467. The minimum Gasteiger partial charge on any atom is -0.393 e. The number of aromatic amines is 1. The zero-order valence-corrected chi connectivity index (χ0v) is 23.3. The van der Waals surface area contributed by atoms with E-state index in [1.165, 1.54) is 0 Å². The minimum atomic E-state index is -5.53. The van der Waals surface area contributed by atoms with Crippen LogP contribution in [0.5, 0.6) is 0 Å². The van der Waals surface area contributed by atoms with Crippen molar-refractivity contribution in [2.24, 2.45) is 5.92 Å².